The summed E-state index contributed by atoms with van der Waals surface area (Å²) in [5, 5.41) is 0.789. The van der Waals surface area contributed by atoms with Gasteiger partial charge in [0.2, 0.25) is 10.0 Å². The number of rotatable bonds is 5. The lowest BCUT2D eigenvalue weighted by atomic mass is 10.1. The van der Waals surface area contributed by atoms with Gasteiger partial charge in [-0.3, -0.25) is 4.72 Å². The predicted molar refractivity (Wildman–Crippen MR) is 106 cm³/mol. The van der Waals surface area contributed by atoms with E-state index in [-0.39, 0.29) is 11.6 Å². The van der Waals surface area contributed by atoms with Crippen LogP contribution < -0.4 is 4.72 Å². The van der Waals surface area contributed by atoms with Crippen LogP contribution in [0.1, 0.15) is 5.56 Å². The molecule has 0 saturated carbocycles. The Bertz CT molecular complexity index is 1180. The molecule has 1 heterocycles. The number of nitrogens with one attached hydrogen (secondary N) is 2. The molecule has 3 aromatic carbocycles. The Morgan fingerprint density at radius 2 is 1.63 bits per heavy atom. The molecule has 0 bridgehead atoms. The highest BCUT2D eigenvalue weighted by Crippen LogP contribution is 2.26. The molecule has 0 radical (unpaired) electrons. The molecule has 136 valence electrons. The number of halogens is 1. The van der Waals surface area contributed by atoms with E-state index in [4.69, 9.17) is 0 Å². The van der Waals surface area contributed by atoms with Crippen LogP contribution in [0, 0.1) is 5.82 Å². The maximum absolute atomic E-state index is 13.3. The van der Waals surface area contributed by atoms with Gasteiger partial charge in [0.25, 0.3) is 0 Å². The summed E-state index contributed by atoms with van der Waals surface area (Å²) in [6.07, 6.45) is 0. The summed E-state index contributed by atoms with van der Waals surface area (Å²) in [5.41, 5.74) is 3.80. The summed E-state index contributed by atoms with van der Waals surface area (Å²) in [6.45, 7) is 0. The van der Waals surface area contributed by atoms with Crippen LogP contribution in [0.5, 0.6) is 0 Å². The van der Waals surface area contributed by atoms with Gasteiger partial charge in [0.1, 0.15) is 5.82 Å². The molecule has 27 heavy (non-hydrogen) atoms. The maximum atomic E-state index is 13.3. The van der Waals surface area contributed by atoms with Crippen LogP contribution in [0.25, 0.3) is 22.2 Å². The average molecular weight is 380 g/mol. The van der Waals surface area contributed by atoms with Crippen LogP contribution in [0.4, 0.5) is 10.1 Å². The van der Waals surface area contributed by atoms with E-state index in [1.54, 1.807) is 30.3 Å². The van der Waals surface area contributed by atoms with Crippen molar-refractivity contribution in [2.24, 2.45) is 0 Å². The van der Waals surface area contributed by atoms with E-state index in [9.17, 15) is 12.8 Å². The van der Waals surface area contributed by atoms with Crippen molar-refractivity contribution in [3.05, 3.63) is 90.2 Å². The highest BCUT2D eigenvalue weighted by Gasteiger charge is 2.12. The standard InChI is InChI=1S/C21H17FN2O2S/c22-18-8-11-20-17(12-18)13-21(23-20)16-6-9-19(10-7-16)24-27(25,26)14-15-4-2-1-3-5-15/h1-13,23-24H,14H2. The number of H-pyrrole nitrogens is 1. The fourth-order valence-corrected chi connectivity index (χ4v) is 4.18. The topological polar surface area (TPSA) is 62.0 Å². The number of fused-ring (bicyclic) bond motifs is 1. The monoisotopic (exact) mass is 380 g/mol. The Hall–Kier alpha value is -3.12. The first kappa shape index (κ1) is 17.3. The van der Waals surface area contributed by atoms with Gasteiger partial charge in [0.15, 0.2) is 0 Å². The second-order valence-electron chi connectivity index (χ2n) is 6.34. The number of aromatic amines is 1. The largest absolute Gasteiger partial charge is 0.355 e. The van der Waals surface area contributed by atoms with Crippen LogP contribution in [0.15, 0.2) is 78.9 Å². The number of hydrogen-bond acceptors (Lipinski definition) is 2. The molecule has 4 rings (SSSR count). The summed E-state index contributed by atoms with van der Waals surface area (Å²) < 4.78 is 40.6. The molecule has 0 saturated heterocycles. The van der Waals surface area contributed by atoms with Crippen molar-refractivity contribution in [3.8, 4) is 11.3 Å². The zero-order chi connectivity index (χ0) is 18.9. The van der Waals surface area contributed by atoms with E-state index in [1.807, 2.05) is 36.4 Å². The van der Waals surface area contributed by atoms with E-state index in [0.29, 0.717) is 5.69 Å². The van der Waals surface area contributed by atoms with Crippen LogP contribution >= 0.6 is 0 Å². The molecule has 0 aliphatic rings. The lowest BCUT2D eigenvalue weighted by Crippen LogP contribution is -2.14. The molecule has 2 N–H and O–H groups in total. The maximum Gasteiger partial charge on any atom is 0.236 e. The van der Waals surface area contributed by atoms with Crippen LogP contribution in [-0.4, -0.2) is 13.4 Å². The third kappa shape index (κ3) is 4.01. The minimum absolute atomic E-state index is 0.0802. The van der Waals surface area contributed by atoms with Gasteiger partial charge in [-0.2, -0.15) is 0 Å². The minimum atomic E-state index is -3.49. The normalized spacial score (nSPS) is 11.6. The predicted octanol–water partition coefficient (Wildman–Crippen LogP) is 4.92. The summed E-state index contributed by atoms with van der Waals surface area (Å²) >= 11 is 0. The van der Waals surface area contributed by atoms with Gasteiger partial charge in [-0.1, -0.05) is 42.5 Å². The molecular weight excluding hydrogens is 363 g/mol. The Labute approximate surface area is 156 Å². The molecule has 0 aliphatic carbocycles. The van der Waals surface area contributed by atoms with E-state index in [0.717, 1.165) is 27.7 Å². The van der Waals surface area contributed by atoms with Gasteiger partial charge in [0, 0.05) is 22.3 Å². The lowest BCUT2D eigenvalue weighted by molar-refractivity contribution is 0.600. The molecule has 0 amide bonds. The quantitative estimate of drug-likeness (QED) is 0.516. The number of hydrogen-bond donors (Lipinski definition) is 2. The molecule has 0 spiro atoms. The van der Waals surface area contributed by atoms with Crippen molar-refractivity contribution in [3.63, 3.8) is 0 Å². The number of anilines is 1. The number of aromatic nitrogens is 1. The molecule has 0 unspecified atom stereocenters. The third-order valence-corrected chi connectivity index (χ3v) is 5.51. The van der Waals surface area contributed by atoms with Crippen LogP contribution in [0.2, 0.25) is 0 Å². The SMILES string of the molecule is O=S(=O)(Cc1ccccc1)Nc1ccc(-c2cc3cc(F)ccc3[nH]2)cc1. The molecular formula is C21H17FN2O2S. The van der Waals surface area contributed by atoms with Crippen molar-refractivity contribution >= 4 is 26.6 Å². The molecule has 6 heteroatoms. The van der Waals surface area contributed by atoms with Crippen LogP contribution in [-0.2, 0) is 15.8 Å². The second-order valence-corrected chi connectivity index (χ2v) is 8.06. The number of benzene rings is 3. The fraction of sp³-hybridized carbons (Fsp3) is 0.0476. The smallest absolute Gasteiger partial charge is 0.236 e. The van der Waals surface area contributed by atoms with Gasteiger partial charge in [-0.15, -0.1) is 0 Å². The van der Waals surface area contributed by atoms with Crippen LogP contribution in [0.3, 0.4) is 0 Å². The van der Waals surface area contributed by atoms with Gasteiger partial charge >= 0.3 is 0 Å². The zero-order valence-corrected chi connectivity index (χ0v) is 15.1. The van der Waals surface area contributed by atoms with E-state index < -0.39 is 10.0 Å². The summed E-state index contributed by atoms with van der Waals surface area (Å²) in [6, 6.07) is 22.5. The first-order chi connectivity index (χ1) is 13.0. The fourth-order valence-electron chi connectivity index (χ4n) is 2.99. The molecule has 1 aromatic heterocycles. The summed E-state index contributed by atoms with van der Waals surface area (Å²) in [7, 11) is -3.49. The highest BCUT2D eigenvalue weighted by molar-refractivity contribution is 7.91. The Balaban J connectivity index is 1.53. The van der Waals surface area contributed by atoms with Gasteiger partial charge in [-0.25, -0.2) is 12.8 Å². The summed E-state index contributed by atoms with van der Waals surface area (Å²) in [4.78, 5) is 3.23. The Morgan fingerprint density at radius 1 is 0.889 bits per heavy atom. The van der Waals surface area contributed by atoms with Crippen molar-refractivity contribution in [2.45, 2.75) is 5.75 Å². The van der Waals surface area contributed by atoms with Crippen molar-refractivity contribution in [1.82, 2.24) is 4.98 Å². The molecule has 0 atom stereocenters. The zero-order valence-electron chi connectivity index (χ0n) is 14.3. The third-order valence-electron chi connectivity index (χ3n) is 4.25. The van der Waals surface area contributed by atoms with Gasteiger partial charge in [0.05, 0.1) is 5.75 Å². The second kappa shape index (κ2) is 6.89. The molecule has 0 fully saturated rings. The number of sulfonamides is 1. The Morgan fingerprint density at radius 3 is 2.37 bits per heavy atom. The van der Waals surface area contributed by atoms with Crippen molar-refractivity contribution in [2.75, 3.05) is 4.72 Å². The Kier molecular flexibility index (Phi) is 4.41. The minimum Gasteiger partial charge on any atom is -0.355 e. The van der Waals surface area contributed by atoms with E-state index in [2.05, 4.69) is 9.71 Å². The summed E-state index contributed by atoms with van der Waals surface area (Å²) in [5.74, 6) is -0.361. The van der Waals surface area contributed by atoms with Crippen molar-refractivity contribution < 1.29 is 12.8 Å². The van der Waals surface area contributed by atoms with Gasteiger partial charge < -0.3 is 4.98 Å². The highest BCUT2D eigenvalue weighted by atomic mass is 32.2. The van der Waals surface area contributed by atoms with Gasteiger partial charge in [-0.05, 0) is 47.5 Å². The molecule has 4 nitrogen and oxygen atoms in total. The van der Waals surface area contributed by atoms with E-state index >= 15 is 0 Å². The van der Waals surface area contributed by atoms with Crippen molar-refractivity contribution in [1.29, 1.82) is 0 Å². The first-order valence-electron chi connectivity index (χ1n) is 8.42. The average Bonchev–Trinajstić information content (AvgIpc) is 3.05. The lowest BCUT2D eigenvalue weighted by Gasteiger charge is -2.08. The molecule has 0 aliphatic heterocycles. The van der Waals surface area contributed by atoms with E-state index in [1.165, 1.54) is 12.1 Å². The first-order valence-corrected chi connectivity index (χ1v) is 10.1. The molecule has 4 aromatic rings.